The van der Waals surface area contributed by atoms with Gasteiger partial charge in [-0.25, -0.2) is 0 Å². The fourth-order valence-corrected chi connectivity index (χ4v) is 2.32. The van der Waals surface area contributed by atoms with Crippen LogP contribution >= 0.6 is 0 Å². The molecule has 0 amide bonds. The smallest absolute Gasteiger partial charge is 0.305 e. The summed E-state index contributed by atoms with van der Waals surface area (Å²) in [5, 5.41) is 29.7. The number of aliphatic hydroxyl groups excluding tert-OH is 3. The first-order chi connectivity index (χ1) is 12.5. The van der Waals surface area contributed by atoms with E-state index in [2.05, 4.69) is 11.7 Å². The summed E-state index contributed by atoms with van der Waals surface area (Å²) in [5.74, 6) is -0.204. The van der Waals surface area contributed by atoms with Crippen LogP contribution in [-0.4, -0.2) is 46.7 Å². The molecule has 3 atom stereocenters. The van der Waals surface area contributed by atoms with E-state index >= 15 is 0 Å². The molecule has 0 rings (SSSR count). The second-order valence-electron chi connectivity index (χ2n) is 6.36. The van der Waals surface area contributed by atoms with Gasteiger partial charge in [0.25, 0.3) is 0 Å². The van der Waals surface area contributed by atoms with E-state index in [0.29, 0.717) is 19.3 Å². The maximum atomic E-state index is 10.9. The van der Waals surface area contributed by atoms with Crippen LogP contribution in [0.1, 0.15) is 64.7 Å². The minimum absolute atomic E-state index is 0.204. The van der Waals surface area contributed by atoms with Crippen LogP contribution in [0.15, 0.2) is 36.5 Å². The van der Waals surface area contributed by atoms with Crippen molar-refractivity contribution < 1.29 is 24.9 Å². The van der Waals surface area contributed by atoms with Crippen LogP contribution in [0.4, 0.5) is 0 Å². The van der Waals surface area contributed by atoms with Crippen molar-refractivity contribution in [2.24, 2.45) is 0 Å². The number of allylic oxidation sites excluding steroid dienone is 4. The molecule has 0 radical (unpaired) electrons. The van der Waals surface area contributed by atoms with Gasteiger partial charge in [0.15, 0.2) is 0 Å². The Morgan fingerprint density at radius 1 is 0.962 bits per heavy atom. The number of rotatable bonds is 15. The third-order valence-electron chi connectivity index (χ3n) is 4.01. The molecule has 0 aromatic heterocycles. The highest BCUT2D eigenvalue weighted by atomic mass is 16.5. The molecule has 26 heavy (non-hydrogen) atoms. The summed E-state index contributed by atoms with van der Waals surface area (Å²) in [5.41, 5.74) is 0. The van der Waals surface area contributed by atoms with Gasteiger partial charge in [-0.3, -0.25) is 4.79 Å². The summed E-state index contributed by atoms with van der Waals surface area (Å²) in [4.78, 5) is 10.9. The fraction of sp³-hybridized carbons (Fsp3) is 0.667. The van der Waals surface area contributed by atoms with Crippen LogP contribution < -0.4 is 0 Å². The highest BCUT2D eigenvalue weighted by Crippen LogP contribution is 2.08. The van der Waals surface area contributed by atoms with Crippen molar-refractivity contribution in [3.8, 4) is 0 Å². The third-order valence-corrected chi connectivity index (χ3v) is 4.01. The standard InChI is InChI=1S/C21H36O5/c1-3-4-5-6-9-12-15-18(22)21(25)19(23)16-13-10-7-8-11-14-17-20(24)26-2/h7-9,12-13,16,18-19,21-23,25H,3-6,10-11,14-15,17H2,1-2H3/b8-7-,12-9-,16-13-/t18-,19-,21+/m1/s1. The Morgan fingerprint density at radius 3 is 2.35 bits per heavy atom. The number of aliphatic hydroxyl groups is 3. The third kappa shape index (κ3) is 13.8. The van der Waals surface area contributed by atoms with Crippen molar-refractivity contribution in [3.63, 3.8) is 0 Å². The van der Waals surface area contributed by atoms with Crippen molar-refractivity contribution in [2.75, 3.05) is 7.11 Å². The van der Waals surface area contributed by atoms with Gasteiger partial charge in [-0.2, -0.15) is 0 Å². The molecule has 0 bridgehead atoms. The minimum Gasteiger partial charge on any atom is -0.469 e. The van der Waals surface area contributed by atoms with Gasteiger partial charge in [0.05, 0.1) is 13.2 Å². The Hall–Kier alpha value is -1.43. The molecule has 0 unspecified atom stereocenters. The molecule has 3 N–H and O–H groups in total. The first kappa shape index (κ1) is 24.6. The van der Waals surface area contributed by atoms with Crippen molar-refractivity contribution in [2.45, 2.75) is 83.0 Å². The Labute approximate surface area is 158 Å². The maximum absolute atomic E-state index is 10.9. The monoisotopic (exact) mass is 368 g/mol. The van der Waals surface area contributed by atoms with Crippen LogP contribution in [0.2, 0.25) is 0 Å². The Kier molecular flexibility index (Phi) is 16.1. The van der Waals surface area contributed by atoms with E-state index in [1.54, 1.807) is 6.08 Å². The Bertz CT molecular complexity index is 428. The predicted octanol–water partition coefficient (Wildman–Crippen LogP) is 3.44. The van der Waals surface area contributed by atoms with Gasteiger partial charge in [-0.1, -0.05) is 56.2 Å². The van der Waals surface area contributed by atoms with Gasteiger partial charge in [0.1, 0.15) is 12.2 Å². The van der Waals surface area contributed by atoms with E-state index in [1.807, 2.05) is 24.3 Å². The largest absolute Gasteiger partial charge is 0.469 e. The molecule has 150 valence electrons. The second-order valence-corrected chi connectivity index (χ2v) is 6.36. The number of carbonyl (C=O) groups excluding carboxylic acids is 1. The molecule has 0 spiro atoms. The van der Waals surface area contributed by atoms with Crippen molar-refractivity contribution in [1.82, 2.24) is 0 Å². The molecule has 5 heteroatoms. The van der Waals surface area contributed by atoms with Gasteiger partial charge in [0.2, 0.25) is 0 Å². The summed E-state index contributed by atoms with van der Waals surface area (Å²) in [6.07, 6.45) is 15.1. The zero-order valence-corrected chi connectivity index (χ0v) is 16.2. The topological polar surface area (TPSA) is 87.0 Å². The average molecular weight is 369 g/mol. The molecule has 0 heterocycles. The second kappa shape index (κ2) is 17.0. The molecule has 0 fully saturated rings. The Morgan fingerprint density at radius 2 is 1.65 bits per heavy atom. The van der Waals surface area contributed by atoms with Crippen molar-refractivity contribution in [1.29, 1.82) is 0 Å². The highest BCUT2D eigenvalue weighted by Gasteiger charge is 2.21. The molecule has 0 saturated heterocycles. The molecule has 0 aromatic rings. The molecule has 0 aliphatic rings. The van der Waals surface area contributed by atoms with Gasteiger partial charge >= 0.3 is 5.97 Å². The van der Waals surface area contributed by atoms with Crippen LogP contribution in [0.3, 0.4) is 0 Å². The number of carbonyl (C=O) groups is 1. The number of ether oxygens (including phenoxy) is 1. The van der Waals surface area contributed by atoms with Crippen molar-refractivity contribution >= 4 is 5.97 Å². The summed E-state index contributed by atoms with van der Waals surface area (Å²) >= 11 is 0. The van der Waals surface area contributed by atoms with Crippen LogP contribution in [-0.2, 0) is 9.53 Å². The zero-order valence-electron chi connectivity index (χ0n) is 16.2. The molecule has 0 aliphatic heterocycles. The molecular formula is C21H36O5. The lowest BCUT2D eigenvalue weighted by Gasteiger charge is -2.19. The highest BCUT2D eigenvalue weighted by molar-refractivity contribution is 5.69. The van der Waals surface area contributed by atoms with E-state index in [4.69, 9.17) is 0 Å². The van der Waals surface area contributed by atoms with E-state index in [-0.39, 0.29) is 5.97 Å². The molecule has 0 aliphatic carbocycles. The first-order valence-corrected chi connectivity index (χ1v) is 9.60. The average Bonchev–Trinajstić information content (AvgIpc) is 2.65. The van der Waals surface area contributed by atoms with Crippen LogP contribution in [0, 0.1) is 0 Å². The Balaban J connectivity index is 3.92. The van der Waals surface area contributed by atoms with E-state index in [9.17, 15) is 20.1 Å². The van der Waals surface area contributed by atoms with Crippen molar-refractivity contribution in [3.05, 3.63) is 36.5 Å². The fourth-order valence-electron chi connectivity index (χ4n) is 2.32. The molecular weight excluding hydrogens is 332 g/mol. The first-order valence-electron chi connectivity index (χ1n) is 9.60. The van der Waals surface area contributed by atoms with Gasteiger partial charge in [-0.05, 0) is 38.5 Å². The van der Waals surface area contributed by atoms with E-state index in [1.165, 1.54) is 26.0 Å². The SMILES string of the molecule is CCCCC/C=C\C[C@@H](O)[C@H](O)[C@H](O)/C=C\C/C=C\CCCC(=O)OC. The predicted molar refractivity (Wildman–Crippen MR) is 105 cm³/mol. The molecule has 0 aromatic carbocycles. The van der Waals surface area contributed by atoms with E-state index < -0.39 is 18.3 Å². The lowest BCUT2D eigenvalue weighted by molar-refractivity contribution is -0.140. The lowest BCUT2D eigenvalue weighted by atomic mass is 10.0. The number of hydrogen-bond donors (Lipinski definition) is 3. The van der Waals surface area contributed by atoms with Crippen LogP contribution in [0.25, 0.3) is 0 Å². The van der Waals surface area contributed by atoms with Gasteiger partial charge in [-0.15, -0.1) is 0 Å². The molecule has 5 nitrogen and oxygen atoms in total. The van der Waals surface area contributed by atoms with E-state index in [0.717, 1.165) is 25.7 Å². The number of methoxy groups -OCH3 is 1. The van der Waals surface area contributed by atoms with Crippen LogP contribution in [0.5, 0.6) is 0 Å². The quantitative estimate of drug-likeness (QED) is 0.234. The minimum atomic E-state index is -1.20. The number of unbranched alkanes of at least 4 members (excludes halogenated alkanes) is 4. The summed E-state index contributed by atoms with van der Waals surface area (Å²) in [7, 11) is 1.38. The normalized spacial score (nSPS) is 15.7. The molecule has 0 saturated carbocycles. The summed E-state index contributed by atoms with van der Waals surface area (Å²) in [6.45, 7) is 2.15. The van der Waals surface area contributed by atoms with Gasteiger partial charge in [0, 0.05) is 6.42 Å². The lowest BCUT2D eigenvalue weighted by Crippen LogP contribution is -2.35. The number of hydrogen-bond acceptors (Lipinski definition) is 5. The zero-order chi connectivity index (χ0) is 19.6. The van der Waals surface area contributed by atoms with Gasteiger partial charge < -0.3 is 20.1 Å². The maximum Gasteiger partial charge on any atom is 0.305 e. The number of esters is 1. The summed E-state index contributed by atoms with van der Waals surface area (Å²) in [6, 6.07) is 0. The summed E-state index contributed by atoms with van der Waals surface area (Å²) < 4.78 is 4.56.